The highest BCUT2D eigenvalue weighted by Gasteiger charge is 2.22. The molecule has 1 aliphatic rings. The van der Waals surface area contributed by atoms with Gasteiger partial charge in [0.1, 0.15) is 23.8 Å². The molecule has 0 radical (unpaired) electrons. The van der Waals surface area contributed by atoms with E-state index in [-0.39, 0.29) is 11.9 Å². The average molecular weight is 337 g/mol. The molecule has 2 unspecified atom stereocenters. The molecule has 0 aliphatic carbocycles. The molecule has 0 saturated heterocycles. The summed E-state index contributed by atoms with van der Waals surface area (Å²) in [7, 11) is 0. The van der Waals surface area contributed by atoms with Crippen LogP contribution in [0, 0.1) is 5.82 Å². The first-order chi connectivity index (χ1) is 9.56. The van der Waals surface area contributed by atoms with Crippen LogP contribution in [0.5, 0.6) is 5.75 Å². The maximum Gasteiger partial charge on any atom is 0.137 e. The van der Waals surface area contributed by atoms with Crippen LogP contribution in [0.25, 0.3) is 0 Å². The van der Waals surface area contributed by atoms with E-state index in [1.54, 1.807) is 12.1 Å². The highest BCUT2D eigenvalue weighted by Crippen LogP contribution is 2.35. The molecule has 1 N–H and O–H groups in total. The van der Waals surface area contributed by atoms with Crippen LogP contribution in [-0.2, 0) is 6.42 Å². The molecule has 0 amide bonds. The van der Waals surface area contributed by atoms with Crippen LogP contribution in [0.1, 0.15) is 29.7 Å². The van der Waals surface area contributed by atoms with Crippen molar-refractivity contribution in [3.63, 3.8) is 0 Å². The van der Waals surface area contributed by atoms with Crippen molar-refractivity contribution in [2.45, 2.75) is 25.6 Å². The number of ether oxygens (including phenoxy) is 1. The number of hydrogen-bond donors (Lipinski definition) is 1. The summed E-state index contributed by atoms with van der Waals surface area (Å²) in [6, 6.07) is 10.3. The monoisotopic (exact) mass is 336 g/mol. The summed E-state index contributed by atoms with van der Waals surface area (Å²) in [4.78, 5) is 0. The van der Waals surface area contributed by atoms with Gasteiger partial charge < -0.3 is 9.84 Å². The molecule has 2 aromatic rings. The molecule has 20 heavy (non-hydrogen) atoms. The van der Waals surface area contributed by atoms with Crippen LogP contribution >= 0.6 is 15.9 Å². The van der Waals surface area contributed by atoms with Crippen molar-refractivity contribution in [3.8, 4) is 5.75 Å². The highest BCUT2D eigenvalue weighted by molar-refractivity contribution is 9.10. The predicted octanol–water partition coefficient (Wildman–Crippen LogP) is 3.99. The third-order valence-corrected chi connectivity index (χ3v) is 4.35. The normalized spacial score (nSPS) is 18.5. The van der Waals surface area contributed by atoms with Gasteiger partial charge in [-0.05, 0) is 52.2 Å². The Morgan fingerprint density at radius 2 is 2.15 bits per heavy atom. The van der Waals surface area contributed by atoms with Crippen molar-refractivity contribution in [3.05, 3.63) is 63.4 Å². The van der Waals surface area contributed by atoms with Gasteiger partial charge in [0.15, 0.2) is 0 Å². The molecule has 1 heterocycles. The standard InChI is InChI=1S/C16H14BrFO2/c1-9-7-11-8-10(5-6-14(11)20-9)16(19)12-3-2-4-13(18)15(12)17/h2-6,8-9,16,19H,7H2,1H3. The molecule has 0 fully saturated rings. The molecule has 3 rings (SSSR count). The molecule has 1 aliphatic heterocycles. The molecule has 2 nitrogen and oxygen atoms in total. The largest absolute Gasteiger partial charge is 0.490 e. The summed E-state index contributed by atoms with van der Waals surface area (Å²) in [5, 5.41) is 10.5. The van der Waals surface area contributed by atoms with Crippen LogP contribution in [0.3, 0.4) is 0 Å². The second kappa shape index (κ2) is 5.19. The molecular weight excluding hydrogens is 323 g/mol. The smallest absolute Gasteiger partial charge is 0.137 e. The first-order valence-corrected chi connectivity index (χ1v) is 7.27. The number of hydrogen-bond acceptors (Lipinski definition) is 2. The Morgan fingerprint density at radius 3 is 2.95 bits per heavy atom. The molecule has 0 bridgehead atoms. The number of benzene rings is 2. The summed E-state index contributed by atoms with van der Waals surface area (Å²) < 4.78 is 19.5. The number of aliphatic hydroxyl groups is 1. The molecule has 0 aromatic heterocycles. The topological polar surface area (TPSA) is 29.5 Å². The lowest BCUT2D eigenvalue weighted by Crippen LogP contribution is -2.05. The number of aliphatic hydroxyl groups excluding tert-OH is 1. The van der Waals surface area contributed by atoms with Gasteiger partial charge in [-0.3, -0.25) is 0 Å². The van der Waals surface area contributed by atoms with Crippen LogP contribution in [0.2, 0.25) is 0 Å². The van der Waals surface area contributed by atoms with E-state index in [9.17, 15) is 9.50 Å². The first-order valence-electron chi connectivity index (χ1n) is 6.47. The van der Waals surface area contributed by atoms with Gasteiger partial charge in [0.2, 0.25) is 0 Å². The van der Waals surface area contributed by atoms with E-state index in [4.69, 9.17) is 4.74 Å². The van der Waals surface area contributed by atoms with E-state index < -0.39 is 6.10 Å². The van der Waals surface area contributed by atoms with Gasteiger partial charge >= 0.3 is 0 Å². The van der Waals surface area contributed by atoms with Crippen molar-refractivity contribution in [2.24, 2.45) is 0 Å². The lowest BCUT2D eigenvalue weighted by Gasteiger charge is -2.14. The van der Waals surface area contributed by atoms with E-state index in [1.807, 2.05) is 25.1 Å². The van der Waals surface area contributed by atoms with E-state index in [0.29, 0.717) is 10.0 Å². The molecule has 104 valence electrons. The minimum Gasteiger partial charge on any atom is -0.490 e. The second-order valence-electron chi connectivity index (χ2n) is 5.05. The third kappa shape index (κ3) is 2.34. The SMILES string of the molecule is CC1Cc2cc(C(O)c3cccc(F)c3Br)ccc2O1. The zero-order valence-electron chi connectivity index (χ0n) is 10.9. The molecule has 4 heteroatoms. The van der Waals surface area contributed by atoms with E-state index in [1.165, 1.54) is 6.07 Å². The first kappa shape index (κ1) is 13.6. The van der Waals surface area contributed by atoms with Gasteiger partial charge in [0, 0.05) is 12.0 Å². The zero-order chi connectivity index (χ0) is 14.3. The maximum atomic E-state index is 13.5. The molecular formula is C16H14BrFO2. The van der Waals surface area contributed by atoms with Gasteiger partial charge in [-0.25, -0.2) is 4.39 Å². The Morgan fingerprint density at radius 1 is 1.35 bits per heavy atom. The van der Waals surface area contributed by atoms with Crippen molar-refractivity contribution in [1.29, 1.82) is 0 Å². The fourth-order valence-corrected chi connectivity index (χ4v) is 3.00. The fraction of sp³-hybridized carbons (Fsp3) is 0.250. The van der Waals surface area contributed by atoms with Crippen molar-refractivity contribution in [2.75, 3.05) is 0 Å². The van der Waals surface area contributed by atoms with E-state index in [0.717, 1.165) is 23.3 Å². The molecule has 0 spiro atoms. The Kier molecular flexibility index (Phi) is 3.52. The Balaban J connectivity index is 1.97. The van der Waals surface area contributed by atoms with E-state index in [2.05, 4.69) is 15.9 Å². The van der Waals surface area contributed by atoms with Gasteiger partial charge in [-0.1, -0.05) is 18.2 Å². The van der Waals surface area contributed by atoms with Crippen molar-refractivity contribution >= 4 is 15.9 Å². The Hall–Kier alpha value is -1.39. The lowest BCUT2D eigenvalue weighted by atomic mass is 9.98. The Bertz CT molecular complexity index is 657. The minimum atomic E-state index is -0.860. The van der Waals surface area contributed by atoms with E-state index >= 15 is 0 Å². The highest BCUT2D eigenvalue weighted by atomic mass is 79.9. The van der Waals surface area contributed by atoms with Gasteiger partial charge in [0.25, 0.3) is 0 Å². The van der Waals surface area contributed by atoms with Crippen molar-refractivity contribution in [1.82, 2.24) is 0 Å². The summed E-state index contributed by atoms with van der Waals surface area (Å²) in [5.41, 5.74) is 2.35. The summed E-state index contributed by atoms with van der Waals surface area (Å²) >= 11 is 3.19. The fourth-order valence-electron chi connectivity index (χ4n) is 2.52. The maximum absolute atomic E-state index is 13.5. The number of rotatable bonds is 2. The van der Waals surface area contributed by atoms with Gasteiger partial charge in [0.05, 0.1) is 4.47 Å². The lowest BCUT2D eigenvalue weighted by molar-refractivity contribution is 0.218. The predicted molar refractivity (Wildman–Crippen MR) is 78.4 cm³/mol. The molecule has 2 aromatic carbocycles. The number of halogens is 2. The van der Waals surface area contributed by atoms with Crippen LogP contribution < -0.4 is 4.74 Å². The van der Waals surface area contributed by atoms with Gasteiger partial charge in [-0.2, -0.15) is 0 Å². The van der Waals surface area contributed by atoms with Gasteiger partial charge in [-0.15, -0.1) is 0 Å². The van der Waals surface area contributed by atoms with Crippen LogP contribution in [-0.4, -0.2) is 11.2 Å². The molecule has 2 atom stereocenters. The zero-order valence-corrected chi connectivity index (χ0v) is 12.5. The summed E-state index contributed by atoms with van der Waals surface area (Å²) in [6.45, 7) is 2.01. The van der Waals surface area contributed by atoms with Crippen molar-refractivity contribution < 1.29 is 14.2 Å². The Labute approximate surface area is 125 Å². The van der Waals surface area contributed by atoms with Crippen LogP contribution in [0.4, 0.5) is 4.39 Å². The quantitative estimate of drug-likeness (QED) is 0.898. The minimum absolute atomic E-state index is 0.165. The third-order valence-electron chi connectivity index (χ3n) is 3.51. The molecule has 0 saturated carbocycles. The van der Waals surface area contributed by atoms with Crippen LogP contribution in [0.15, 0.2) is 40.9 Å². The summed E-state index contributed by atoms with van der Waals surface area (Å²) in [5.74, 6) is 0.492. The number of fused-ring (bicyclic) bond motifs is 1. The average Bonchev–Trinajstić information content (AvgIpc) is 2.80. The second-order valence-corrected chi connectivity index (χ2v) is 5.84. The summed E-state index contributed by atoms with van der Waals surface area (Å²) in [6.07, 6.45) is 0.139.